The molecule has 6 heteroatoms. The van der Waals surface area contributed by atoms with E-state index in [1.54, 1.807) is 6.07 Å². The van der Waals surface area contributed by atoms with Crippen molar-refractivity contribution in [1.29, 1.82) is 0 Å². The van der Waals surface area contributed by atoms with Gasteiger partial charge in [0.25, 0.3) is 0 Å². The van der Waals surface area contributed by atoms with Crippen LogP contribution in [0.3, 0.4) is 0 Å². The summed E-state index contributed by atoms with van der Waals surface area (Å²) >= 11 is 3.25. The topological polar surface area (TPSA) is 62.4 Å². The Bertz CT molecular complexity index is 586. The van der Waals surface area contributed by atoms with Crippen LogP contribution in [0.1, 0.15) is 0 Å². The van der Waals surface area contributed by atoms with Crippen molar-refractivity contribution in [1.82, 2.24) is 5.43 Å². The minimum absolute atomic E-state index is 0.330. The number of guanidine groups is 1. The van der Waals surface area contributed by atoms with Crippen LogP contribution in [0.15, 0.2) is 58.0 Å². The third-order valence-corrected chi connectivity index (χ3v) is 2.95. The SMILES string of the molecule is NNC(=Nc1ccc(F)cc1Br)Nc1ccccc1. The summed E-state index contributed by atoms with van der Waals surface area (Å²) < 4.78 is 13.5. The van der Waals surface area contributed by atoms with Gasteiger partial charge in [-0.15, -0.1) is 0 Å². The Morgan fingerprint density at radius 3 is 2.53 bits per heavy atom. The summed E-state index contributed by atoms with van der Waals surface area (Å²) in [4.78, 5) is 4.27. The summed E-state index contributed by atoms with van der Waals surface area (Å²) in [6.45, 7) is 0. The summed E-state index contributed by atoms with van der Waals surface area (Å²) in [7, 11) is 0. The third-order valence-electron chi connectivity index (χ3n) is 2.32. The number of para-hydroxylation sites is 1. The average molecular weight is 323 g/mol. The Labute approximate surface area is 118 Å². The molecule has 19 heavy (non-hydrogen) atoms. The van der Waals surface area contributed by atoms with E-state index in [9.17, 15) is 4.39 Å². The number of halogens is 2. The van der Waals surface area contributed by atoms with Gasteiger partial charge in [0.2, 0.25) is 5.96 Å². The van der Waals surface area contributed by atoms with Crippen LogP contribution in [0.25, 0.3) is 0 Å². The number of rotatable bonds is 2. The van der Waals surface area contributed by atoms with Crippen molar-refractivity contribution >= 4 is 33.3 Å². The molecule has 0 amide bonds. The maximum absolute atomic E-state index is 13.0. The van der Waals surface area contributed by atoms with Crippen molar-refractivity contribution in [2.45, 2.75) is 0 Å². The van der Waals surface area contributed by atoms with E-state index in [-0.39, 0.29) is 5.82 Å². The molecule has 0 saturated carbocycles. The predicted molar refractivity (Wildman–Crippen MR) is 78.6 cm³/mol. The number of nitrogens with one attached hydrogen (secondary N) is 2. The van der Waals surface area contributed by atoms with Crippen LogP contribution < -0.4 is 16.6 Å². The van der Waals surface area contributed by atoms with Gasteiger partial charge in [0.1, 0.15) is 5.82 Å². The van der Waals surface area contributed by atoms with Crippen LogP contribution >= 0.6 is 15.9 Å². The number of anilines is 1. The highest BCUT2D eigenvalue weighted by atomic mass is 79.9. The molecule has 2 rings (SSSR count). The number of aliphatic imine (C=N–C) groups is 1. The molecule has 0 saturated heterocycles. The van der Waals surface area contributed by atoms with Crippen LogP contribution in [-0.4, -0.2) is 5.96 Å². The summed E-state index contributed by atoms with van der Waals surface area (Å²) in [6.07, 6.45) is 0. The molecule has 0 spiro atoms. The van der Waals surface area contributed by atoms with Crippen molar-refractivity contribution in [3.8, 4) is 0 Å². The second-order valence-corrected chi connectivity index (χ2v) is 4.55. The molecule has 0 aliphatic rings. The van der Waals surface area contributed by atoms with Crippen LogP contribution in [0, 0.1) is 5.82 Å². The molecule has 2 aromatic rings. The van der Waals surface area contributed by atoms with E-state index in [1.807, 2.05) is 30.3 Å². The monoisotopic (exact) mass is 322 g/mol. The Kier molecular flexibility index (Phi) is 4.48. The maximum atomic E-state index is 13.0. The van der Waals surface area contributed by atoms with Gasteiger partial charge in [0, 0.05) is 10.2 Å². The molecule has 0 unspecified atom stereocenters. The zero-order chi connectivity index (χ0) is 13.7. The second-order valence-electron chi connectivity index (χ2n) is 3.69. The highest BCUT2D eigenvalue weighted by Gasteiger charge is 2.03. The highest BCUT2D eigenvalue weighted by molar-refractivity contribution is 9.10. The van der Waals surface area contributed by atoms with Gasteiger partial charge in [-0.3, -0.25) is 5.43 Å². The minimum atomic E-state index is -0.330. The Morgan fingerprint density at radius 2 is 1.89 bits per heavy atom. The number of hydrogen-bond acceptors (Lipinski definition) is 2. The van der Waals surface area contributed by atoms with Crippen molar-refractivity contribution in [2.75, 3.05) is 5.32 Å². The summed E-state index contributed by atoms with van der Waals surface area (Å²) in [5.41, 5.74) is 3.88. The van der Waals surface area contributed by atoms with E-state index in [2.05, 4.69) is 31.7 Å². The van der Waals surface area contributed by atoms with Crippen molar-refractivity contribution in [2.24, 2.45) is 10.8 Å². The molecule has 4 N–H and O–H groups in total. The maximum Gasteiger partial charge on any atom is 0.215 e. The Morgan fingerprint density at radius 1 is 1.16 bits per heavy atom. The number of benzene rings is 2. The van der Waals surface area contributed by atoms with Gasteiger partial charge in [-0.1, -0.05) is 18.2 Å². The number of nitrogens with zero attached hydrogens (tertiary/aromatic N) is 1. The smallest absolute Gasteiger partial charge is 0.215 e. The first-order valence-electron chi connectivity index (χ1n) is 5.51. The zero-order valence-corrected chi connectivity index (χ0v) is 11.5. The average Bonchev–Trinajstić information content (AvgIpc) is 2.42. The summed E-state index contributed by atoms with van der Waals surface area (Å²) in [5.74, 6) is 5.45. The van der Waals surface area contributed by atoms with E-state index in [0.717, 1.165) is 5.69 Å². The summed E-state index contributed by atoms with van der Waals surface area (Å²) in [5, 5.41) is 3.02. The van der Waals surface area contributed by atoms with Crippen molar-refractivity contribution in [3.05, 3.63) is 58.8 Å². The van der Waals surface area contributed by atoms with Crippen LogP contribution in [0.5, 0.6) is 0 Å². The molecule has 0 radical (unpaired) electrons. The molecule has 0 aliphatic carbocycles. The molecule has 0 aromatic heterocycles. The van der Waals surface area contributed by atoms with Crippen LogP contribution in [0.4, 0.5) is 15.8 Å². The molecule has 4 nitrogen and oxygen atoms in total. The van der Waals surface area contributed by atoms with Gasteiger partial charge in [-0.05, 0) is 46.3 Å². The first-order valence-corrected chi connectivity index (χ1v) is 6.31. The fraction of sp³-hybridized carbons (Fsp3) is 0. The molecule has 0 heterocycles. The molecule has 2 aromatic carbocycles. The lowest BCUT2D eigenvalue weighted by Crippen LogP contribution is -2.35. The minimum Gasteiger partial charge on any atom is -0.325 e. The van der Waals surface area contributed by atoms with Crippen LogP contribution in [0.2, 0.25) is 0 Å². The molecule has 0 aliphatic heterocycles. The molecule has 98 valence electrons. The fourth-order valence-electron chi connectivity index (χ4n) is 1.45. The fourth-order valence-corrected chi connectivity index (χ4v) is 1.89. The zero-order valence-electron chi connectivity index (χ0n) is 9.90. The quantitative estimate of drug-likeness (QED) is 0.344. The Hall–Kier alpha value is -1.92. The molecular weight excluding hydrogens is 311 g/mol. The summed E-state index contributed by atoms with van der Waals surface area (Å²) in [6, 6.07) is 13.7. The van der Waals surface area contributed by atoms with E-state index >= 15 is 0 Å². The normalized spacial score (nSPS) is 11.2. The predicted octanol–water partition coefficient (Wildman–Crippen LogP) is 3.15. The van der Waals surface area contributed by atoms with Crippen molar-refractivity contribution < 1.29 is 4.39 Å². The first kappa shape index (κ1) is 13.5. The van der Waals surface area contributed by atoms with E-state index in [1.165, 1.54) is 12.1 Å². The highest BCUT2D eigenvalue weighted by Crippen LogP contribution is 2.25. The Balaban J connectivity index is 2.23. The lowest BCUT2D eigenvalue weighted by Gasteiger charge is -2.09. The molecular formula is C13H12BrFN4. The van der Waals surface area contributed by atoms with Gasteiger partial charge < -0.3 is 5.32 Å². The van der Waals surface area contributed by atoms with Gasteiger partial charge in [-0.2, -0.15) is 0 Å². The van der Waals surface area contributed by atoms with Crippen LogP contribution in [-0.2, 0) is 0 Å². The van der Waals surface area contributed by atoms with E-state index in [0.29, 0.717) is 16.1 Å². The van der Waals surface area contributed by atoms with Gasteiger partial charge in [0.05, 0.1) is 5.69 Å². The standard InChI is InChI=1S/C13H12BrFN4/c14-11-8-9(15)6-7-12(11)18-13(19-16)17-10-4-2-1-3-5-10/h1-8H,16H2,(H2,17,18,19). The second kappa shape index (κ2) is 6.31. The third kappa shape index (κ3) is 3.77. The van der Waals surface area contributed by atoms with Crippen molar-refractivity contribution in [3.63, 3.8) is 0 Å². The molecule has 0 bridgehead atoms. The van der Waals surface area contributed by atoms with E-state index in [4.69, 9.17) is 5.84 Å². The largest absolute Gasteiger partial charge is 0.325 e. The molecule has 0 fully saturated rings. The van der Waals surface area contributed by atoms with Gasteiger partial charge >= 0.3 is 0 Å². The number of nitrogens with two attached hydrogens (primary N) is 1. The molecule has 0 atom stereocenters. The van der Waals surface area contributed by atoms with E-state index < -0.39 is 0 Å². The first-order chi connectivity index (χ1) is 9.19. The van der Waals surface area contributed by atoms with Gasteiger partial charge in [-0.25, -0.2) is 15.2 Å². The van der Waals surface area contributed by atoms with Gasteiger partial charge in [0.15, 0.2) is 0 Å². The lowest BCUT2D eigenvalue weighted by molar-refractivity contribution is 0.627. The lowest BCUT2D eigenvalue weighted by atomic mass is 10.3. The number of hydrogen-bond donors (Lipinski definition) is 3. The number of hydrazine groups is 1.